The number of rotatable bonds is 2. The molecule has 0 radical (unpaired) electrons. The van der Waals surface area contributed by atoms with Crippen molar-refractivity contribution in [1.82, 2.24) is 0 Å². The van der Waals surface area contributed by atoms with Gasteiger partial charge in [-0.05, 0) is 43.0 Å². The Bertz CT molecular complexity index is 728. The van der Waals surface area contributed by atoms with E-state index in [0.717, 1.165) is 36.9 Å². The number of fused-ring (bicyclic) bond motifs is 1. The minimum atomic E-state index is -0.851. The van der Waals surface area contributed by atoms with Crippen molar-refractivity contribution in [3.63, 3.8) is 0 Å². The Kier molecular flexibility index (Phi) is 2.62. The molecule has 22 heavy (non-hydrogen) atoms. The predicted molar refractivity (Wildman–Crippen MR) is 81.0 cm³/mol. The predicted octanol–water partition coefficient (Wildman–Crippen LogP) is 2.59. The number of amides is 2. The largest absolute Gasteiger partial charge is 0.326 e. The molecule has 1 aliphatic heterocycles. The van der Waals surface area contributed by atoms with Crippen LogP contribution in [0.3, 0.4) is 0 Å². The molecule has 1 atom stereocenters. The minimum Gasteiger partial charge on any atom is -0.326 e. The summed E-state index contributed by atoms with van der Waals surface area (Å²) in [5, 5.41) is 15.2. The third kappa shape index (κ3) is 1.70. The van der Waals surface area contributed by atoms with E-state index in [9.17, 15) is 14.9 Å². The van der Waals surface area contributed by atoms with Crippen molar-refractivity contribution in [3.8, 4) is 6.07 Å². The van der Waals surface area contributed by atoms with Gasteiger partial charge in [-0.15, -0.1) is 0 Å². The van der Waals surface area contributed by atoms with Gasteiger partial charge in [0, 0.05) is 16.8 Å². The SMILES string of the molecule is N#CC1(C(=O)Nc2ccc3c(c2)CC(=O)N3)CC12CCCC2. The van der Waals surface area contributed by atoms with Gasteiger partial charge in [-0.2, -0.15) is 5.26 Å². The molecule has 5 nitrogen and oxygen atoms in total. The molecular formula is C17H17N3O2. The van der Waals surface area contributed by atoms with Crippen LogP contribution < -0.4 is 10.6 Å². The van der Waals surface area contributed by atoms with Gasteiger partial charge in [-0.25, -0.2) is 0 Å². The lowest BCUT2D eigenvalue weighted by Gasteiger charge is -2.15. The molecular weight excluding hydrogens is 278 g/mol. The maximum atomic E-state index is 12.6. The fourth-order valence-electron chi connectivity index (χ4n) is 4.19. The number of nitriles is 1. The Labute approximate surface area is 128 Å². The molecule has 2 fully saturated rings. The van der Waals surface area contributed by atoms with E-state index in [1.807, 2.05) is 6.07 Å². The van der Waals surface area contributed by atoms with Crippen LogP contribution in [0.15, 0.2) is 18.2 Å². The molecule has 0 aromatic heterocycles. The zero-order valence-electron chi connectivity index (χ0n) is 12.2. The molecule has 3 aliphatic rings. The van der Waals surface area contributed by atoms with E-state index in [-0.39, 0.29) is 17.2 Å². The number of carbonyl (C=O) groups excluding carboxylic acids is 2. The highest BCUT2D eigenvalue weighted by atomic mass is 16.2. The first-order valence-electron chi connectivity index (χ1n) is 7.74. The Hall–Kier alpha value is -2.35. The topological polar surface area (TPSA) is 82.0 Å². The summed E-state index contributed by atoms with van der Waals surface area (Å²) < 4.78 is 0. The van der Waals surface area contributed by atoms with Crippen molar-refractivity contribution in [2.45, 2.75) is 38.5 Å². The van der Waals surface area contributed by atoms with E-state index in [4.69, 9.17) is 0 Å². The lowest BCUT2D eigenvalue weighted by atomic mass is 9.91. The molecule has 0 saturated heterocycles. The van der Waals surface area contributed by atoms with Crippen LogP contribution in [-0.4, -0.2) is 11.8 Å². The normalized spacial score (nSPS) is 27.1. The van der Waals surface area contributed by atoms with Crippen LogP contribution >= 0.6 is 0 Å². The Balaban J connectivity index is 1.55. The summed E-state index contributed by atoms with van der Waals surface area (Å²) in [6.45, 7) is 0. The summed E-state index contributed by atoms with van der Waals surface area (Å²) in [5.41, 5.74) is 1.42. The first-order valence-corrected chi connectivity index (χ1v) is 7.74. The zero-order chi connectivity index (χ0) is 15.4. The smallest absolute Gasteiger partial charge is 0.245 e. The second kappa shape index (κ2) is 4.33. The summed E-state index contributed by atoms with van der Waals surface area (Å²) in [6.07, 6.45) is 5.22. The van der Waals surface area contributed by atoms with Gasteiger partial charge in [0.25, 0.3) is 0 Å². The molecule has 1 unspecified atom stereocenters. The summed E-state index contributed by atoms with van der Waals surface area (Å²) in [4.78, 5) is 24.0. The molecule has 1 aromatic carbocycles. The quantitative estimate of drug-likeness (QED) is 0.879. The highest BCUT2D eigenvalue weighted by Crippen LogP contribution is 2.71. The van der Waals surface area contributed by atoms with Gasteiger partial charge in [0.2, 0.25) is 11.8 Å². The van der Waals surface area contributed by atoms with Gasteiger partial charge in [0.05, 0.1) is 12.5 Å². The van der Waals surface area contributed by atoms with Crippen molar-refractivity contribution >= 4 is 23.2 Å². The monoisotopic (exact) mass is 295 g/mol. The summed E-state index contributed by atoms with van der Waals surface area (Å²) in [7, 11) is 0. The van der Waals surface area contributed by atoms with Crippen molar-refractivity contribution in [2.24, 2.45) is 10.8 Å². The standard InChI is InChI=1S/C17H17N3O2/c18-10-17(9-16(17)5-1-2-6-16)15(22)19-12-3-4-13-11(7-12)8-14(21)20-13/h3-4,7H,1-2,5-6,8-9H2,(H,19,22)(H,20,21). The first-order chi connectivity index (χ1) is 10.6. The van der Waals surface area contributed by atoms with Gasteiger partial charge >= 0.3 is 0 Å². The van der Waals surface area contributed by atoms with Gasteiger partial charge < -0.3 is 10.6 Å². The summed E-state index contributed by atoms with van der Waals surface area (Å²) in [6, 6.07) is 7.68. The highest BCUT2D eigenvalue weighted by Gasteiger charge is 2.72. The molecule has 5 heteroatoms. The number of hydrogen-bond acceptors (Lipinski definition) is 3. The maximum Gasteiger partial charge on any atom is 0.245 e. The first kappa shape index (κ1) is 13.3. The second-order valence-electron chi connectivity index (χ2n) is 6.73. The van der Waals surface area contributed by atoms with Crippen molar-refractivity contribution < 1.29 is 9.59 Å². The molecule has 1 aromatic rings. The minimum absolute atomic E-state index is 0.0286. The van der Waals surface area contributed by atoms with E-state index >= 15 is 0 Å². The van der Waals surface area contributed by atoms with E-state index in [1.165, 1.54) is 0 Å². The van der Waals surface area contributed by atoms with Crippen LogP contribution in [0.2, 0.25) is 0 Å². The van der Waals surface area contributed by atoms with Crippen molar-refractivity contribution in [1.29, 1.82) is 5.26 Å². The molecule has 2 saturated carbocycles. The third-order valence-electron chi connectivity index (χ3n) is 5.51. The van der Waals surface area contributed by atoms with E-state index in [0.29, 0.717) is 18.5 Å². The average Bonchev–Trinajstić information content (AvgIpc) is 2.77. The maximum absolute atomic E-state index is 12.6. The van der Waals surface area contributed by atoms with Crippen molar-refractivity contribution in [3.05, 3.63) is 23.8 Å². The van der Waals surface area contributed by atoms with Crippen LogP contribution in [0.4, 0.5) is 11.4 Å². The van der Waals surface area contributed by atoms with Crippen LogP contribution in [0.25, 0.3) is 0 Å². The van der Waals surface area contributed by atoms with Crippen LogP contribution in [0.5, 0.6) is 0 Å². The third-order valence-corrected chi connectivity index (χ3v) is 5.51. The Morgan fingerprint density at radius 2 is 2.09 bits per heavy atom. The zero-order valence-corrected chi connectivity index (χ0v) is 12.2. The van der Waals surface area contributed by atoms with Gasteiger partial charge in [-0.1, -0.05) is 12.8 Å². The van der Waals surface area contributed by atoms with Crippen LogP contribution in [-0.2, 0) is 16.0 Å². The van der Waals surface area contributed by atoms with Crippen LogP contribution in [0.1, 0.15) is 37.7 Å². The van der Waals surface area contributed by atoms with Gasteiger partial charge in [0.15, 0.2) is 0 Å². The molecule has 1 spiro atoms. The molecule has 2 aliphatic carbocycles. The molecule has 2 amide bonds. The number of nitrogens with zero attached hydrogens (tertiary/aromatic N) is 1. The van der Waals surface area contributed by atoms with Gasteiger partial charge in [0.1, 0.15) is 5.41 Å². The summed E-state index contributed by atoms with van der Waals surface area (Å²) in [5.74, 6) is -0.215. The lowest BCUT2D eigenvalue weighted by Crippen LogP contribution is -2.28. The lowest BCUT2D eigenvalue weighted by molar-refractivity contribution is -0.120. The van der Waals surface area contributed by atoms with E-state index in [2.05, 4.69) is 16.7 Å². The molecule has 2 N–H and O–H groups in total. The second-order valence-corrected chi connectivity index (χ2v) is 6.73. The number of hydrogen-bond donors (Lipinski definition) is 2. The Morgan fingerprint density at radius 3 is 2.82 bits per heavy atom. The fraction of sp³-hybridized carbons (Fsp3) is 0.471. The molecule has 1 heterocycles. The van der Waals surface area contributed by atoms with E-state index in [1.54, 1.807) is 12.1 Å². The molecule has 112 valence electrons. The van der Waals surface area contributed by atoms with Crippen molar-refractivity contribution in [2.75, 3.05) is 10.6 Å². The highest BCUT2D eigenvalue weighted by molar-refractivity contribution is 6.02. The number of anilines is 2. The average molecular weight is 295 g/mol. The van der Waals surface area contributed by atoms with E-state index < -0.39 is 5.41 Å². The summed E-state index contributed by atoms with van der Waals surface area (Å²) >= 11 is 0. The molecule has 4 rings (SSSR count). The molecule has 0 bridgehead atoms. The number of nitrogens with one attached hydrogen (secondary N) is 2. The van der Waals surface area contributed by atoms with Gasteiger partial charge in [-0.3, -0.25) is 9.59 Å². The number of carbonyl (C=O) groups is 2. The Morgan fingerprint density at radius 1 is 1.32 bits per heavy atom. The fourth-order valence-corrected chi connectivity index (χ4v) is 4.19. The van der Waals surface area contributed by atoms with Crippen LogP contribution in [0, 0.1) is 22.2 Å². The number of benzene rings is 1.